The smallest absolute Gasteiger partial charge is 0.00313 e. The molecule has 0 nitrogen and oxygen atoms in total. The third-order valence-electron chi connectivity index (χ3n) is 2.82. The van der Waals surface area contributed by atoms with Gasteiger partial charge in [0.05, 0.1) is 0 Å². The largest absolute Gasteiger partial charge is 0.103 e. The summed E-state index contributed by atoms with van der Waals surface area (Å²) in [6, 6.07) is 0. The average Bonchev–Trinajstić information content (AvgIpc) is 2.19. The van der Waals surface area contributed by atoms with Crippen molar-refractivity contribution in [3.05, 3.63) is 38.0 Å². The molecule has 0 aromatic rings. The molecule has 0 saturated heterocycles. The maximum atomic E-state index is 3.86. The second-order valence-electron chi connectivity index (χ2n) is 4.12. The third-order valence-corrected chi connectivity index (χ3v) is 3.38. The lowest BCUT2D eigenvalue weighted by Crippen LogP contribution is -2.18. The summed E-state index contributed by atoms with van der Waals surface area (Å²) in [6.07, 6.45) is 13.0. The van der Waals surface area contributed by atoms with Crippen LogP contribution in [0.25, 0.3) is 0 Å². The molecule has 0 bridgehead atoms. The molecule has 0 aromatic carbocycles. The van der Waals surface area contributed by atoms with Crippen LogP contribution < -0.4 is 0 Å². The molecule has 0 aliphatic rings. The van der Waals surface area contributed by atoms with E-state index >= 15 is 0 Å². The lowest BCUT2D eigenvalue weighted by molar-refractivity contribution is 0.264. The predicted molar refractivity (Wildman–Crippen MR) is 74.5 cm³/mol. The first-order valence-electron chi connectivity index (χ1n) is 5.63. The zero-order valence-corrected chi connectivity index (χ0v) is 11.3. The van der Waals surface area contributed by atoms with Gasteiger partial charge in [-0.3, -0.25) is 0 Å². The van der Waals surface area contributed by atoms with E-state index in [2.05, 4.69) is 35.7 Å². The summed E-state index contributed by atoms with van der Waals surface area (Å²) in [4.78, 5) is 0. The molecule has 0 amide bonds. The van der Waals surface area contributed by atoms with Crippen LogP contribution in [0.4, 0.5) is 0 Å². The summed E-state index contributed by atoms with van der Waals surface area (Å²) < 4.78 is 0. The van der Waals surface area contributed by atoms with Crippen LogP contribution in [0.1, 0.15) is 38.5 Å². The molecule has 0 aromatic heterocycles. The molecule has 0 atom stereocenters. The van der Waals surface area contributed by atoms with E-state index in [0.717, 1.165) is 24.6 Å². The first-order valence-corrected chi connectivity index (χ1v) is 6.75. The summed E-state index contributed by atoms with van der Waals surface area (Å²) in [5.74, 6) is 0. The fraction of sp³-hybridized carbons (Fsp3) is 0.571. The lowest BCUT2D eigenvalue weighted by Gasteiger charge is -2.31. The van der Waals surface area contributed by atoms with E-state index in [1.807, 2.05) is 18.2 Å². The summed E-state index contributed by atoms with van der Waals surface area (Å²) in [5, 5.41) is 1.10. The van der Waals surface area contributed by atoms with E-state index < -0.39 is 0 Å². The van der Waals surface area contributed by atoms with Crippen molar-refractivity contribution in [3.63, 3.8) is 0 Å². The molecule has 0 saturated carbocycles. The van der Waals surface area contributed by atoms with Gasteiger partial charge in [0.2, 0.25) is 0 Å². The van der Waals surface area contributed by atoms with Crippen molar-refractivity contribution in [1.82, 2.24) is 0 Å². The molecular weight excluding hydrogens is 248 g/mol. The fourth-order valence-electron chi connectivity index (χ4n) is 2.07. The van der Waals surface area contributed by atoms with Crippen LogP contribution in [0.3, 0.4) is 0 Å². The van der Waals surface area contributed by atoms with Gasteiger partial charge in [-0.2, -0.15) is 0 Å². The van der Waals surface area contributed by atoms with Crippen LogP contribution in [0.2, 0.25) is 0 Å². The van der Waals surface area contributed by atoms with E-state index in [1.165, 1.54) is 19.3 Å². The Hall–Kier alpha value is -0.300. The molecule has 0 aliphatic carbocycles. The van der Waals surface area contributed by atoms with Gasteiger partial charge >= 0.3 is 0 Å². The fourth-order valence-corrected chi connectivity index (χ4v) is 2.47. The second-order valence-corrected chi connectivity index (χ2v) is 4.92. The topological polar surface area (TPSA) is 0 Å². The Morgan fingerprint density at radius 2 is 1.33 bits per heavy atom. The predicted octanol–water partition coefficient (Wildman–Crippen LogP) is 5.27. The SMILES string of the molecule is C=CCC(CC=C)(CC=C)CCCCBr. The zero-order valence-electron chi connectivity index (χ0n) is 9.68. The molecule has 0 spiro atoms. The number of rotatable bonds is 10. The third kappa shape index (κ3) is 5.99. The molecular formula is C14H23Br. The lowest BCUT2D eigenvalue weighted by atomic mass is 9.74. The Morgan fingerprint density at radius 1 is 0.867 bits per heavy atom. The summed E-state index contributed by atoms with van der Waals surface area (Å²) >= 11 is 3.47. The summed E-state index contributed by atoms with van der Waals surface area (Å²) in [5.41, 5.74) is 0.327. The van der Waals surface area contributed by atoms with Gasteiger partial charge in [0, 0.05) is 5.33 Å². The minimum absolute atomic E-state index is 0.327. The van der Waals surface area contributed by atoms with E-state index in [4.69, 9.17) is 0 Å². The highest BCUT2D eigenvalue weighted by molar-refractivity contribution is 9.09. The van der Waals surface area contributed by atoms with Gasteiger partial charge in [0.25, 0.3) is 0 Å². The van der Waals surface area contributed by atoms with E-state index in [0.29, 0.717) is 5.41 Å². The molecule has 0 unspecified atom stereocenters. The monoisotopic (exact) mass is 270 g/mol. The first kappa shape index (κ1) is 14.7. The molecule has 0 N–H and O–H groups in total. The highest BCUT2D eigenvalue weighted by Gasteiger charge is 2.25. The van der Waals surface area contributed by atoms with E-state index in [1.54, 1.807) is 0 Å². The van der Waals surface area contributed by atoms with Crippen molar-refractivity contribution in [1.29, 1.82) is 0 Å². The normalized spacial score (nSPS) is 11.0. The number of hydrogen-bond donors (Lipinski definition) is 0. The van der Waals surface area contributed by atoms with Crippen molar-refractivity contribution in [2.24, 2.45) is 5.41 Å². The molecule has 1 heteroatoms. The zero-order chi connectivity index (χ0) is 11.6. The summed E-state index contributed by atoms with van der Waals surface area (Å²) in [6.45, 7) is 11.6. The first-order chi connectivity index (χ1) is 7.24. The van der Waals surface area contributed by atoms with Gasteiger partial charge in [0.15, 0.2) is 0 Å². The number of unbranched alkanes of at least 4 members (excludes halogenated alkanes) is 1. The maximum absolute atomic E-state index is 3.86. The van der Waals surface area contributed by atoms with Gasteiger partial charge in [-0.05, 0) is 37.5 Å². The average molecular weight is 271 g/mol. The number of alkyl halides is 1. The maximum Gasteiger partial charge on any atom is 0.00313 e. The molecule has 0 aliphatic heterocycles. The summed E-state index contributed by atoms with van der Waals surface area (Å²) in [7, 11) is 0. The minimum Gasteiger partial charge on any atom is -0.103 e. The van der Waals surface area contributed by atoms with Gasteiger partial charge in [-0.1, -0.05) is 40.6 Å². The Kier molecular flexibility index (Phi) is 8.79. The minimum atomic E-state index is 0.327. The van der Waals surface area contributed by atoms with Crippen LogP contribution in [-0.2, 0) is 0 Å². The Labute approximate surface area is 103 Å². The Balaban J connectivity index is 4.36. The van der Waals surface area contributed by atoms with E-state index in [9.17, 15) is 0 Å². The van der Waals surface area contributed by atoms with Crippen LogP contribution in [0.5, 0.6) is 0 Å². The van der Waals surface area contributed by atoms with Crippen molar-refractivity contribution >= 4 is 15.9 Å². The number of allylic oxidation sites excluding steroid dienone is 3. The van der Waals surface area contributed by atoms with Gasteiger partial charge in [0.1, 0.15) is 0 Å². The highest BCUT2D eigenvalue weighted by Crippen LogP contribution is 2.37. The van der Waals surface area contributed by atoms with Gasteiger partial charge < -0.3 is 0 Å². The molecule has 15 heavy (non-hydrogen) atoms. The van der Waals surface area contributed by atoms with Gasteiger partial charge in [-0.15, -0.1) is 19.7 Å². The van der Waals surface area contributed by atoms with Crippen LogP contribution in [0.15, 0.2) is 38.0 Å². The van der Waals surface area contributed by atoms with Crippen LogP contribution in [0, 0.1) is 5.41 Å². The quantitative estimate of drug-likeness (QED) is 0.288. The van der Waals surface area contributed by atoms with E-state index in [-0.39, 0.29) is 0 Å². The van der Waals surface area contributed by atoms with Crippen LogP contribution in [-0.4, -0.2) is 5.33 Å². The van der Waals surface area contributed by atoms with Crippen LogP contribution >= 0.6 is 15.9 Å². The molecule has 0 rings (SSSR count). The van der Waals surface area contributed by atoms with Crippen molar-refractivity contribution in [2.45, 2.75) is 38.5 Å². The second kappa shape index (κ2) is 8.96. The molecule has 86 valence electrons. The highest BCUT2D eigenvalue weighted by atomic mass is 79.9. The number of halogens is 1. The molecule has 0 fully saturated rings. The Bertz CT molecular complexity index is 167. The molecule has 0 heterocycles. The molecule has 0 radical (unpaired) electrons. The van der Waals surface area contributed by atoms with Crippen molar-refractivity contribution in [2.75, 3.05) is 5.33 Å². The van der Waals surface area contributed by atoms with Gasteiger partial charge in [-0.25, -0.2) is 0 Å². The number of hydrogen-bond acceptors (Lipinski definition) is 0. The van der Waals surface area contributed by atoms with Crippen molar-refractivity contribution < 1.29 is 0 Å². The van der Waals surface area contributed by atoms with Crippen molar-refractivity contribution in [3.8, 4) is 0 Å². The Morgan fingerprint density at radius 3 is 1.67 bits per heavy atom. The standard InChI is InChI=1S/C14H23Br/c1-4-9-14(10-5-2,11-6-3)12-7-8-13-15/h4-6H,1-3,7-13H2.